The van der Waals surface area contributed by atoms with Crippen LogP contribution >= 0.6 is 0 Å². The number of benzene rings is 1. The van der Waals surface area contributed by atoms with E-state index in [-0.39, 0.29) is 0 Å². The van der Waals surface area contributed by atoms with Gasteiger partial charge in [-0.1, -0.05) is 12.1 Å². The van der Waals surface area contributed by atoms with Crippen LogP contribution in [0.5, 0.6) is 5.75 Å². The molecule has 0 aromatic heterocycles. The number of anilines is 1. The minimum absolute atomic E-state index is 0.608. The molecule has 0 atom stereocenters. The lowest BCUT2D eigenvalue weighted by molar-refractivity contribution is 0.145. The molecule has 1 N–H and O–H groups in total. The number of hydrogen-bond donors (Lipinski definition) is 1. The van der Waals surface area contributed by atoms with Gasteiger partial charge in [-0.05, 0) is 18.9 Å². The van der Waals surface area contributed by atoms with E-state index >= 15 is 0 Å². The van der Waals surface area contributed by atoms with E-state index in [1.807, 2.05) is 18.2 Å². The van der Waals surface area contributed by atoms with Crippen LogP contribution in [0.2, 0.25) is 0 Å². The van der Waals surface area contributed by atoms with Crippen molar-refractivity contribution in [3.63, 3.8) is 0 Å². The van der Waals surface area contributed by atoms with Gasteiger partial charge in [-0.3, -0.25) is 0 Å². The van der Waals surface area contributed by atoms with Gasteiger partial charge < -0.3 is 14.7 Å². The molecule has 0 bridgehead atoms. The second kappa shape index (κ2) is 2.89. The van der Waals surface area contributed by atoms with Gasteiger partial charge in [-0.25, -0.2) is 0 Å². The van der Waals surface area contributed by atoms with E-state index in [0.29, 0.717) is 6.61 Å². The molecule has 0 unspecified atom stereocenters. The number of rotatable bonds is 1. The van der Waals surface area contributed by atoms with E-state index in [4.69, 9.17) is 4.74 Å². The molecule has 15 heavy (non-hydrogen) atoms. The van der Waals surface area contributed by atoms with Crippen LogP contribution in [0.4, 0.5) is 5.69 Å². The fourth-order valence-corrected chi connectivity index (χ4v) is 2.14. The fourth-order valence-electron chi connectivity index (χ4n) is 2.14. The Labute approximate surface area is 89.3 Å². The van der Waals surface area contributed by atoms with Gasteiger partial charge in [0.05, 0.1) is 17.8 Å². The fraction of sp³-hybridized carbons (Fsp3) is 0.500. The molecule has 3 heteroatoms. The van der Waals surface area contributed by atoms with Crippen molar-refractivity contribution >= 4 is 5.69 Å². The summed E-state index contributed by atoms with van der Waals surface area (Å²) in [6, 6.07) is 6.02. The zero-order chi connectivity index (χ0) is 10.5. The highest BCUT2D eigenvalue weighted by molar-refractivity contribution is 5.64. The van der Waals surface area contributed by atoms with E-state index < -0.39 is 5.60 Å². The molecule has 1 aliphatic heterocycles. The first-order valence-corrected chi connectivity index (χ1v) is 5.40. The molecule has 1 fully saturated rings. The molecule has 2 aliphatic rings. The molecule has 3 nitrogen and oxygen atoms in total. The van der Waals surface area contributed by atoms with Crippen LogP contribution in [0.15, 0.2) is 18.2 Å². The molecular weight excluding hydrogens is 190 g/mol. The van der Waals surface area contributed by atoms with Crippen LogP contribution in [-0.4, -0.2) is 25.3 Å². The molecule has 1 heterocycles. The first-order valence-electron chi connectivity index (χ1n) is 5.40. The van der Waals surface area contributed by atoms with Gasteiger partial charge in [-0.2, -0.15) is 0 Å². The highest BCUT2D eigenvalue weighted by Gasteiger charge is 2.45. The maximum Gasteiger partial charge on any atom is 0.148 e. The Balaban J connectivity index is 2.12. The van der Waals surface area contributed by atoms with Crippen molar-refractivity contribution in [1.29, 1.82) is 0 Å². The zero-order valence-electron chi connectivity index (χ0n) is 8.86. The summed E-state index contributed by atoms with van der Waals surface area (Å²) in [4.78, 5) is 2.17. The summed E-state index contributed by atoms with van der Waals surface area (Å²) in [5.74, 6) is 0.881. The molecule has 0 spiro atoms. The van der Waals surface area contributed by atoms with Gasteiger partial charge in [0.25, 0.3) is 0 Å². The summed E-state index contributed by atoms with van der Waals surface area (Å²) in [7, 11) is 2.06. The Morgan fingerprint density at radius 3 is 2.93 bits per heavy atom. The maximum absolute atomic E-state index is 10.1. The molecule has 0 amide bonds. The standard InChI is InChI=1S/C12H15NO2/c1-13-7-8-15-11-9(12(14)5-6-12)3-2-4-10(11)13/h2-4,14H,5-8H2,1H3. The maximum atomic E-state index is 10.1. The average molecular weight is 205 g/mol. The summed E-state index contributed by atoms with van der Waals surface area (Å²) in [6.07, 6.45) is 1.72. The van der Waals surface area contributed by atoms with E-state index in [0.717, 1.165) is 36.4 Å². The molecule has 1 aromatic carbocycles. The normalized spacial score (nSPS) is 21.9. The lowest BCUT2D eigenvalue weighted by Crippen LogP contribution is -2.30. The van der Waals surface area contributed by atoms with Gasteiger partial charge in [-0.15, -0.1) is 0 Å². The van der Waals surface area contributed by atoms with Crippen LogP contribution in [0.25, 0.3) is 0 Å². The van der Waals surface area contributed by atoms with Crippen molar-refractivity contribution in [3.8, 4) is 5.75 Å². The summed E-state index contributed by atoms with van der Waals surface area (Å²) < 4.78 is 5.69. The van der Waals surface area contributed by atoms with Crippen LogP contribution < -0.4 is 9.64 Å². The number of aliphatic hydroxyl groups is 1. The largest absolute Gasteiger partial charge is 0.489 e. The molecule has 1 saturated carbocycles. The molecule has 80 valence electrons. The number of para-hydroxylation sites is 1. The molecular formula is C12H15NO2. The number of fused-ring (bicyclic) bond motifs is 1. The van der Waals surface area contributed by atoms with Gasteiger partial charge in [0.2, 0.25) is 0 Å². The summed E-state index contributed by atoms with van der Waals surface area (Å²) in [5, 5.41) is 10.1. The Morgan fingerprint density at radius 2 is 2.20 bits per heavy atom. The lowest BCUT2D eigenvalue weighted by Gasteiger charge is -2.30. The third-order valence-electron chi connectivity index (χ3n) is 3.30. The SMILES string of the molecule is CN1CCOc2c1cccc2C1(O)CC1. The minimum atomic E-state index is -0.608. The van der Waals surface area contributed by atoms with Crippen LogP contribution in [-0.2, 0) is 5.60 Å². The predicted molar refractivity (Wildman–Crippen MR) is 58.3 cm³/mol. The molecule has 1 aliphatic carbocycles. The van der Waals surface area contributed by atoms with Gasteiger partial charge in [0.15, 0.2) is 0 Å². The van der Waals surface area contributed by atoms with Crippen molar-refractivity contribution in [2.45, 2.75) is 18.4 Å². The van der Waals surface area contributed by atoms with Crippen molar-refractivity contribution < 1.29 is 9.84 Å². The van der Waals surface area contributed by atoms with Crippen molar-refractivity contribution in [3.05, 3.63) is 23.8 Å². The third-order valence-corrected chi connectivity index (χ3v) is 3.30. The Morgan fingerprint density at radius 1 is 1.40 bits per heavy atom. The van der Waals surface area contributed by atoms with E-state index in [2.05, 4.69) is 11.9 Å². The number of ether oxygens (including phenoxy) is 1. The predicted octanol–water partition coefficient (Wildman–Crippen LogP) is 1.50. The first kappa shape index (κ1) is 9.04. The molecule has 1 aromatic rings. The van der Waals surface area contributed by atoms with E-state index in [9.17, 15) is 5.11 Å². The Hall–Kier alpha value is -1.22. The number of likely N-dealkylation sites (N-methyl/N-ethyl adjacent to an activating group) is 1. The Kier molecular flexibility index (Phi) is 1.74. The van der Waals surface area contributed by atoms with E-state index in [1.54, 1.807) is 0 Å². The second-order valence-electron chi connectivity index (χ2n) is 4.46. The lowest BCUT2D eigenvalue weighted by atomic mass is 10.0. The van der Waals surface area contributed by atoms with Gasteiger partial charge in [0, 0.05) is 12.6 Å². The van der Waals surface area contributed by atoms with Crippen LogP contribution in [0.1, 0.15) is 18.4 Å². The average Bonchev–Trinajstić information content (AvgIpc) is 2.98. The highest BCUT2D eigenvalue weighted by Crippen LogP contribution is 2.51. The number of nitrogens with zero attached hydrogens (tertiary/aromatic N) is 1. The van der Waals surface area contributed by atoms with Gasteiger partial charge in [0.1, 0.15) is 12.4 Å². The molecule has 0 saturated heterocycles. The van der Waals surface area contributed by atoms with Crippen molar-refractivity contribution in [2.24, 2.45) is 0 Å². The second-order valence-corrected chi connectivity index (χ2v) is 4.46. The van der Waals surface area contributed by atoms with Crippen molar-refractivity contribution in [2.75, 3.05) is 25.1 Å². The third kappa shape index (κ3) is 1.30. The zero-order valence-corrected chi connectivity index (χ0v) is 8.86. The minimum Gasteiger partial charge on any atom is -0.489 e. The quantitative estimate of drug-likeness (QED) is 0.754. The highest BCUT2D eigenvalue weighted by atomic mass is 16.5. The summed E-state index contributed by atoms with van der Waals surface area (Å²) in [6.45, 7) is 1.62. The first-order chi connectivity index (χ1) is 7.21. The topological polar surface area (TPSA) is 32.7 Å². The smallest absolute Gasteiger partial charge is 0.148 e. The monoisotopic (exact) mass is 205 g/mol. The Bertz CT molecular complexity index is 399. The van der Waals surface area contributed by atoms with Crippen LogP contribution in [0.3, 0.4) is 0 Å². The van der Waals surface area contributed by atoms with Crippen LogP contribution in [0, 0.1) is 0 Å². The summed E-state index contributed by atoms with van der Waals surface area (Å²) in [5.41, 5.74) is 1.45. The summed E-state index contributed by atoms with van der Waals surface area (Å²) >= 11 is 0. The van der Waals surface area contributed by atoms with Crippen molar-refractivity contribution in [1.82, 2.24) is 0 Å². The van der Waals surface area contributed by atoms with E-state index in [1.165, 1.54) is 0 Å². The van der Waals surface area contributed by atoms with Gasteiger partial charge >= 0.3 is 0 Å². The number of hydrogen-bond acceptors (Lipinski definition) is 3. The molecule has 3 rings (SSSR count). The molecule has 0 radical (unpaired) electrons.